The van der Waals surface area contributed by atoms with Crippen molar-refractivity contribution < 1.29 is 27.1 Å². The first-order chi connectivity index (χ1) is 14.8. The Morgan fingerprint density at radius 2 is 1.84 bits per heavy atom. The van der Waals surface area contributed by atoms with Gasteiger partial charge in [0.05, 0.1) is 11.8 Å². The fourth-order valence-electron chi connectivity index (χ4n) is 3.35. The predicted octanol–water partition coefficient (Wildman–Crippen LogP) is 4.36. The van der Waals surface area contributed by atoms with Gasteiger partial charge < -0.3 is 15.0 Å². The summed E-state index contributed by atoms with van der Waals surface area (Å²) in [6.07, 6.45) is -0.403. The van der Waals surface area contributed by atoms with E-state index < -0.39 is 23.8 Å². The molecule has 1 aromatic carbocycles. The normalized spacial score (nSPS) is 14.0. The van der Waals surface area contributed by atoms with Crippen molar-refractivity contribution in [1.29, 1.82) is 0 Å². The second-order valence-corrected chi connectivity index (χ2v) is 6.91. The molecule has 1 aliphatic heterocycles. The number of hydrogen-bond donors (Lipinski definition) is 2. The number of rotatable bonds is 5. The van der Waals surface area contributed by atoms with Crippen molar-refractivity contribution in [1.82, 2.24) is 15.2 Å². The number of H-pyrrole nitrogens is 1. The third-order valence-electron chi connectivity index (χ3n) is 4.74. The number of amides is 1. The van der Waals surface area contributed by atoms with Crippen LogP contribution in [0.2, 0.25) is 0 Å². The maximum absolute atomic E-state index is 14.2. The van der Waals surface area contributed by atoms with Crippen LogP contribution in [0.25, 0.3) is 11.3 Å². The molecule has 0 atom stereocenters. The largest absolute Gasteiger partial charge is 0.573 e. The Morgan fingerprint density at radius 1 is 1.13 bits per heavy atom. The molecule has 2 N–H and O–H groups in total. The zero-order valence-electron chi connectivity index (χ0n) is 16.0. The Kier molecular flexibility index (Phi) is 5.49. The number of nitrogens with one attached hydrogen (secondary N) is 2. The summed E-state index contributed by atoms with van der Waals surface area (Å²) in [6.45, 7) is 1.54. The van der Waals surface area contributed by atoms with E-state index in [0.29, 0.717) is 11.4 Å². The Balaban J connectivity index is 1.58. The highest BCUT2D eigenvalue weighted by molar-refractivity contribution is 6.05. The van der Waals surface area contributed by atoms with E-state index in [9.17, 15) is 22.4 Å². The molecule has 1 saturated heterocycles. The molecule has 1 aliphatic rings. The zero-order valence-corrected chi connectivity index (χ0v) is 16.0. The molecule has 3 aromatic rings. The van der Waals surface area contributed by atoms with Gasteiger partial charge in [0.1, 0.15) is 17.3 Å². The lowest BCUT2D eigenvalue weighted by Gasteiger charge is -2.20. The van der Waals surface area contributed by atoms with Gasteiger partial charge in [0, 0.05) is 30.5 Å². The van der Waals surface area contributed by atoms with Gasteiger partial charge >= 0.3 is 6.36 Å². The number of pyridine rings is 1. The first-order valence-corrected chi connectivity index (χ1v) is 9.41. The summed E-state index contributed by atoms with van der Waals surface area (Å²) in [6, 6.07) is 6.24. The van der Waals surface area contributed by atoms with Gasteiger partial charge in [-0.15, -0.1) is 13.2 Å². The van der Waals surface area contributed by atoms with Gasteiger partial charge in [-0.3, -0.25) is 9.89 Å². The van der Waals surface area contributed by atoms with E-state index in [4.69, 9.17) is 0 Å². The lowest BCUT2D eigenvalue weighted by molar-refractivity contribution is -0.274. The molecule has 0 aliphatic carbocycles. The molecule has 0 radical (unpaired) electrons. The van der Waals surface area contributed by atoms with Gasteiger partial charge in [-0.1, -0.05) is 0 Å². The van der Waals surface area contributed by atoms with Crippen molar-refractivity contribution >= 4 is 17.4 Å². The molecule has 0 unspecified atom stereocenters. The monoisotopic (exact) mass is 435 g/mol. The van der Waals surface area contributed by atoms with Crippen LogP contribution in [0.15, 0.2) is 42.7 Å². The Hall–Kier alpha value is -3.63. The molecule has 0 bridgehead atoms. The number of anilines is 2. The number of alkyl halides is 3. The van der Waals surface area contributed by atoms with Crippen LogP contribution in [-0.4, -0.2) is 40.5 Å². The average Bonchev–Trinajstić information content (AvgIpc) is 3.39. The van der Waals surface area contributed by atoms with Crippen LogP contribution in [0.5, 0.6) is 5.75 Å². The number of carbonyl (C=O) groups is 1. The molecular formula is C20H17F4N5O2. The quantitative estimate of drug-likeness (QED) is 0.582. The molecule has 1 amide bonds. The van der Waals surface area contributed by atoms with E-state index in [0.717, 1.165) is 44.3 Å². The number of aromatic amines is 1. The summed E-state index contributed by atoms with van der Waals surface area (Å²) in [7, 11) is 0. The zero-order chi connectivity index (χ0) is 22.0. The fraction of sp³-hybridized carbons (Fsp3) is 0.250. The lowest BCUT2D eigenvalue weighted by Crippen LogP contribution is -2.21. The molecule has 162 valence electrons. The molecule has 4 rings (SSSR count). The first kappa shape index (κ1) is 20.6. The molecule has 0 spiro atoms. The van der Waals surface area contributed by atoms with Gasteiger partial charge in [-0.2, -0.15) is 5.10 Å². The van der Waals surface area contributed by atoms with Crippen LogP contribution in [0, 0.1) is 5.82 Å². The SMILES string of the molecule is O=C(Nc1ccc(OC(F)(F)F)cc1)c1cnc(N2CCCC2)c(-c2[nH]ncc2F)c1. The number of hydrogen-bond acceptors (Lipinski definition) is 5. The second kappa shape index (κ2) is 8.25. The Bertz CT molecular complexity index is 1080. The predicted molar refractivity (Wildman–Crippen MR) is 104 cm³/mol. The third kappa shape index (κ3) is 4.76. The minimum Gasteiger partial charge on any atom is -0.406 e. The van der Waals surface area contributed by atoms with Crippen molar-refractivity contribution in [2.24, 2.45) is 0 Å². The van der Waals surface area contributed by atoms with Gasteiger partial charge in [0.2, 0.25) is 0 Å². The highest BCUT2D eigenvalue weighted by Crippen LogP contribution is 2.32. The van der Waals surface area contributed by atoms with E-state index in [1.807, 2.05) is 4.90 Å². The molecule has 7 nitrogen and oxygen atoms in total. The van der Waals surface area contributed by atoms with Crippen molar-refractivity contribution in [3.05, 3.63) is 54.1 Å². The minimum absolute atomic E-state index is 0.123. The molecule has 1 fully saturated rings. The minimum atomic E-state index is -4.80. The van der Waals surface area contributed by atoms with E-state index in [2.05, 4.69) is 25.2 Å². The standard InChI is InChI=1S/C20H17F4N5O2/c21-16-11-26-28-17(16)15-9-12(10-25-18(15)29-7-1-2-8-29)19(30)27-13-3-5-14(6-4-13)31-20(22,23)24/h3-6,9-11H,1-2,7-8H2,(H,26,28)(H,27,30). The van der Waals surface area contributed by atoms with E-state index in [-0.39, 0.29) is 16.9 Å². The Morgan fingerprint density at radius 3 is 2.45 bits per heavy atom. The highest BCUT2D eigenvalue weighted by Gasteiger charge is 2.31. The number of aromatic nitrogens is 3. The maximum atomic E-state index is 14.2. The summed E-state index contributed by atoms with van der Waals surface area (Å²) in [5.41, 5.74) is 0.941. The van der Waals surface area contributed by atoms with Crippen LogP contribution >= 0.6 is 0 Å². The smallest absolute Gasteiger partial charge is 0.406 e. The summed E-state index contributed by atoms with van der Waals surface area (Å²) >= 11 is 0. The molecule has 2 aromatic heterocycles. The number of benzene rings is 1. The van der Waals surface area contributed by atoms with Crippen LogP contribution < -0.4 is 15.0 Å². The van der Waals surface area contributed by atoms with E-state index in [1.165, 1.54) is 24.4 Å². The highest BCUT2D eigenvalue weighted by atomic mass is 19.4. The second-order valence-electron chi connectivity index (χ2n) is 6.91. The number of nitrogens with zero attached hydrogens (tertiary/aromatic N) is 3. The van der Waals surface area contributed by atoms with Crippen molar-refractivity contribution in [2.75, 3.05) is 23.3 Å². The third-order valence-corrected chi connectivity index (χ3v) is 4.74. The van der Waals surface area contributed by atoms with Crippen molar-refractivity contribution in [3.8, 4) is 17.0 Å². The summed E-state index contributed by atoms with van der Waals surface area (Å²) in [5, 5.41) is 8.88. The molecule has 0 saturated carbocycles. The topological polar surface area (TPSA) is 83.1 Å². The van der Waals surface area contributed by atoms with Crippen LogP contribution in [0.4, 0.5) is 29.1 Å². The summed E-state index contributed by atoms with van der Waals surface area (Å²) < 4.78 is 54.8. The van der Waals surface area contributed by atoms with Gasteiger partial charge in [-0.05, 0) is 43.2 Å². The number of carbonyl (C=O) groups excluding carboxylic acids is 1. The summed E-state index contributed by atoms with van der Waals surface area (Å²) in [5.74, 6) is -0.976. The number of ether oxygens (including phenoxy) is 1. The van der Waals surface area contributed by atoms with Crippen LogP contribution in [0.3, 0.4) is 0 Å². The van der Waals surface area contributed by atoms with Gasteiger partial charge in [0.15, 0.2) is 5.82 Å². The van der Waals surface area contributed by atoms with Gasteiger partial charge in [-0.25, -0.2) is 9.37 Å². The first-order valence-electron chi connectivity index (χ1n) is 9.41. The molecule has 3 heterocycles. The average molecular weight is 435 g/mol. The maximum Gasteiger partial charge on any atom is 0.573 e. The van der Waals surface area contributed by atoms with E-state index >= 15 is 0 Å². The molecule has 31 heavy (non-hydrogen) atoms. The molecular weight excluding hydrogens is 418 g/mol. The van der Waals surface area contributed by atoms with Gasteiger partial charge in [0.25, 0.3) is 5.91 Å². The van der Waals surface area contributed by atoms with Crippen molar-refractivity contribution in [3.63, 3.8) is 0 Å². The fourth-order valence-corrected chi connectivity index (χ4v) is 3.35. The summed E-state index contributed by atoms with van der Waals surface area (Å²) in [4.78, 5) is 19.1. The molecule has 11 heteroatoms. The number of halogens is 4. The lowest BCUT2D eigenvalue weighted by atomic mass is 10.1. The van der Waals surface area contributed by atoms with E-state index in [1.54, 1.807) is 0 Å². The Labute approximate surface area is 174 Å². The van der Waals surface area contributed by atoms with Crippen molar-refractivity contribution in [2.45, 2.75) is 19.2 Å². The van der Waals surface area contributed by atoms with Crippen LogP contribution in [-0.2, 0) is 0 Å². The van der Waals surface area contributed by atoms with Crippen LogP contribution in [0.1, 0.15) is 23.2 Å².